The Balaban J connectivity index is 2.14. The molecule has 0 aliphatic carbocycles. The van der Waals surface area contributed by atoms with E-state index in [0.29, 0.717) is 5.95 Å². The van der Waals surface area contributed by atoms with E-state index in [0.717, 1.165) is 30.2 Å². The van der Waals surface area contributed by atoms with E-state index in [-0.39, 0.29) is 0 Å². The molecule has 0 aliphatic rings. The van der Waals surface area contributed by atoms with E-state index in [9.17, 15) is 0 Å². The second-order valence-corrected chi connectivity index (χ2v) is 4.93. The number of benzene rings is 1. The zero-order valence-corrected chi connectivity index (χ0v) is 13.1. The van der Waals surface area contributed by atoms with E-state index in [2.05, 4.69) is 32.3 Å². The van der Waals surface area contributed by atoms with Crippen LogP contribution in [0.2, 0.25) is 0 Å². The smallest absolute Gasteiger partial charge is 0.224 e. The van der Waals surface area contributed by atoms with Gasteiger partial charge in [-0.05, 0) is 31.5 Å². The van der Waals surface area contributed by atoms with Gasteiger partial charge in [0.2, 0.25) is 5.95 Å². The number of nitrogens with zero attached hydrogens (tertiary/aromatic N) is 3. The summed E-state index contributed by atoms with van der Waals surface area (Å²) < 4.78 is 5.18. The van der Waals surface area contributed by atoms with Crippen LogP contribution >= 0.6 is 0 Å². The SMILES string of the molecule is CCNc1ncc(C)c(N(C)Cc2ccc(OC)cc2)n1. The number of ether oxygens (including phenoxy) is 1. The molecule has 0 saturated carbocycles. The average Bonchev–Trinajstić information content (AvgIpc) is 2.50. The van der Waals surface area contributed by atoms with Crippen molar-refractivity contribution >= 4 is 11.8 Å². The van der Waals surface area contributed by atoms with Crippen molar-refractivity contribution in [3.05, 3.63) is 41.6 Å². The van der Waals surface area contributed by atoms with E-state index in [4.69, 9.17) is 4.74 Å². The number of rotatable bonds is 6. The number of anilines is 2. The molecule has 1 N–H and O–H groups in total. The van der Waals surface area contributed by atoms with Crippen molar-refractivity contribution in [3.8, 4) is 5.75 Å². The number of hydrogen-bond donors (Lipinski definition) is 1. The van der Waals surface area contributed by atoms with Crippen LogP contribution in [0.4, 0.5) is 11.8 Å². The molecule has 0 spiro atoms. The van der Waals surface area contributed by atoms with Gasteiger partial charge in [0, 0.05) is 31.9 Å². The third-order valence-electron chi connectivity index (χ3n) is 3.22. The second-order valence-electron chi connectivity index (χ2n) is 4.93. The maximum Gasteiger partial charge on any atom is 0.224 e. The summed E-state index contributed by atoms with van der Waals surface area (Å²) in [5.74, 6) is 2.48. The van der Waals surface area contributed by atoms with Gasteiger partial charge in [-0.25, -0.2) is 4.98 Å². The second kappa shape index (κ2) is 6.92. The molecule has 0 radical (unpaired) electrons. The maximum absolute atomic E-state index is 5.18. The van der Waals surface area contributed by atoms with E-state index < -0.39 is 0 Å². The van der Waals surface area contributed by atoms with Gasteiger partial charge in [0.15, 0.2) is 0 Å². The van der Waals surface area contributed by atoms with Gasteiger partial charge in [-0.15, -0.1) is 0 Å². The molecule has 1 aromatic carbocycles. The summed E-state index contributed by atoms with van der Waals surface area (Å²) in [7, 11) is 3.71. The molecule has 21 heavy (non-hydrogen) atoms. The highest BCUT2D eigenvalue weighted by atomic mass is 16.5. The number of aromatic nitrogens is 2. The quantitative estimate of drug-likeness (QED) is 0.885. The lowest BCUT2D eigenvalue weighted by Crippen LogP contribution is -2.20. The topological polar surface area (TPSA) is 50.3 Å². The highest BCUT2D eigenvalue weighted by Crippen LogP contribution is 2.20. The van der Waals surface area contributed by atoms with Gasteiger partial charge in [-0.3, -0.25) is 0 Å². The fourth-order valence-electron chi connectivity index (χ4n) is 2.14. The molecule has 0 saturated heterocycles. The molecule has 0 atom stereocenters. The molecule has 0 bridgehead atoms. The molecule has 0 amide bonds. The summed E-state index contributed by atoms with van der Waals surface area (Å²) in [6.45, 7) is 5.65. The van der Waals surface area contributed by atoms with Crippen LogP contribution in [0.5, 0.6) is 5.75 Å². The predicted octanol–water partition coefficient (Wildman–Crippen LogP) is 2.86. The Bertz CT molecular complexity index is 583. The van der Waals surface area contributed by atoms with Gasteiger partial charge in [-0.2, -0.15) is 4.98 Å². The van der Waals surface area contributed by atoms with Gasteiger partial charge in [0.1, 0.15) is 11.6 Å². The van der Waals surface area contributed by atoms with E-state index >= 15 is 0 Å². The van der Waals surface area contributed by atoms with Crippen LogP contribution in [0.1, 0.15) is 18.1 Å². The lowest BCUT2D eigenvalue weighted by atomic mass is 10.2. The first kappa shape index (κ1) is 15.1. The van der Waals surface area contributed by atoms with E-state index in [1.807, 2.05) is 39.2 Å². The molecule has 0 aliphatic heterocycles. The summed E-state index contributed by atoms with van der Waals surface area (Å²) >= 11 is 0. The average molecular weight is 286 g/mol. The standard InChI is InChI=1S/C16H22N4O/c1-5-17-16-18-10-12(2)15(19-16)20(3)11-13-6-8-14(21-4)9-7-13/h6-10H,5,11H2,1-4H3,(H,17,18,19). The van der Waals surface area contributed by atoms with Crippen molar-refractivity contribution in [1.82, 2.24) is 9.97 Å². The first-order valence-electron chi connectivity index (χ1n) is 7.05. The highest BCUT2D eigenvalue weighted by Gasteiger charge is 2.09. The lowest BCUT2D eigenvalue weighted by Gasteiger charge is -2.21. The minimum Gasteiger partial charge on any atom is -0.497 e. The Morgan fingerprint density at radius 2 is 1.95 bits per heavy atom. The van der Waals surface area contributed by atoms with E-state index in [1.165, 1.54) is 5.56 Å². The zero-order chi connectivity index (χ0) is 15.2. The molecule has 1 heterocycles. The van der Waals surface area contributed by atoms with Crippen molar-refractivity contribution in [2.75, 3.05) is 30.9 Å². The van der Waals surface area contributed by atoms with Crippen LogP contribution in [-0.2, 0) is 6.54 Å². The Labute approximate surface area is 126 Å². The van der Waals surface area contributed by atoms with Crippen LogP contribution in [0, 0.1) is 6.92 Å². The first-order chi connectivity index (χ1) is 10.1. The molecule has 2 aromatic rings. The van der Waals surface area contributed by atoms with Crippen LogP contribution in [-0.4, -0.2) is 30.7 Å². The summed E-state index contributed by atoms with van der Waals surface area (Å²) in [4.78, 5) is 11.0. The molecule has 0 fully saturated rings. The monoisotopic (exact) mass is 286 g/mol. The summed E-state index contributed by atoms with van der Waals surface area (Å²) in [5, 5.41) is 3.14. The van der Waals surface area contributed by atoms with Crippen LogP contribution in [0.25, 0.3) is 0 Å². The summed E-state index contributed by atoms with van der Waals surface area (Å²) in [5.41, 5.74) is 2.27. The molecule has 5 nitrogen and oxygen atoms in total. The van der Waals surface area contributed by atoms with Crippen molar-refractivity contribution in [3.63, 3.8) is 0 Å². The number of aryl methyl sites for hydroxylation is 1. The summed E-state index contributed by atoms with van der Waals surface area (Å²) in [6.07, 6.45) is 1.85. The third kappa shape index (κ3) is 3.84. The molecule has 1 aromatic heterocycles. The van der Waals surface area contributed by atoms with Crippen molar-refractivity contribution in [1.29, 1.82) is 0 Å². The van der Waals surface area contributed by atoms with Crippen LogP contribution in [0.3, 0.4) is 0 Å². The Hall–Kier alpha value is -2.30. The van der Waals surface area contributed by atoms with Gasteiger partial charge in [-0.1, -0.05) is 12.1 Å². The van der Waals surface area contributed by atoms with Crippen LogP contribution in [0.15, 0.2) is 30.5 Å². The van der Waals surface area contributed by atoms with Gasteiger partial charge < -0.3 is 15.0 Å². The largest absolute Gasteiger partial charge is 0.497 e. The molecule has 0 unspecified atom stereocenters. The maximum atomic E-state index is 5.18. The number of nitrogens with one attached hydrogen (secondary N) is 1. The Morgan fingerprint density at radius 3 is 2.57 bits per heavy atom. The van der Waals surface area contributed by atoms with Crippen molar-refractivity contribution in [2.24, 2.45) is 0 Å². The summed E-state index contributed by atoms with van der Waals surface area (Å²) in [6, 6.07) is 8.08. The fourth-order valence-corrected chi connectivity index (χ4v) is 2.14. The van der Waals surface area contributed by atoms with Crippen molar-refractivity contribution < 1.29 is 4.74 Å². The van der Waals surface area contributed by atoms with Crippen LogP contribution < -0.4 is 15.0 Å². The van der Waals surface area contributed by atoms with E-state index in [1.54, 1.807) is 7.11 Å². The van der Waals surface area contributed by atoms with Gasteiger partial charge in [0.25, 0.3) is 0 Å². The first-order valence-corrected chi connectivity index (χ1v) is 7.05. The lowest BCUT2D eigenvalue weighted by molar-refractivity contribution is 0.414. The Kier molecular flexibility index (Phi) is 4.98. The minimum absolute atomic E-state index is 0.666. The van der Waals surface area contributed by atoms with Crippen molar-refractivity contribution in [2.45, 2.75) is 20.4 Å². The van der Waals surface area contributed by atoms with Gasteiger partial charge in [0.05, 0.1) is 7.11 Å². The Morgan fingerprint density at radius 1 is 1.24 bits per heavy atom. The normalized spacial score (nSPS) is 10.3. The number of methoxy groups -OCH3 is 1. The predicted molar refractivity (Wildman–Crippen MR) is 86.0 cm³/mol. The molecule has 2 rings (SSSR count). The highest BCUT2D eigenvalue weighted by molar-refractivity contribution is 5.49. The molecular formula is C16H22N4O. The molecular weight excluding hydrogens is 264 g/mol. The molecule has 112 valence electrons. The number of hydrogen-bond acceptors (Lipinski definition) is 5. The third-order valence-corrected chi connectivity index (χ3v) is 3.22. The molecule has 5 heteroatoms. The minimum atomic E-state index is 0.666. The zero-order valence-electron chi connectivity index (χ0n) is 13.1. The van der Waals surface area contributed by atoms with Gasteiger partial charge >= 0.3 is 0 Å². The fraction of sp³-hybridized carbons (Fsp3) is 0.375.